The first kappa shape index (κ1) is 24.6. The van der Waals surface area contributed by atoms with E-state index in [-0.39, 0.29) is 12.2 Å². The lowest BCUT2D eigenvalue weighted by Crippen LogP contribution is -2.09. The molecule has 0 bridgehead atoms. The van der Waals surface area contributed by atoms with E-state index in [1.807, 2.05) is 43.3 Å². The van der Waals surface area contributed by atoms with Gasteiger partial charge in [-0.1, -0.05) is 48.0 Å². The number of carbonyl (C=O) groups is 1. The highest BCUT2D eigenvalue weighted by Gasteiger charge is 2.12. The molecule has 0 heterocycles. The van der Waals surface area contributed by atoms with Crippen LogP contribution in [0.25, 0.3) is 6.08 Å². The quantitative estimate of drug-likeness (QED) is 0.226. The van der Waals surface area contributed by atoms with Crippen molar-refractivity contribution in [3.8, 4) is 17.6 Å². The molecule has 0 spiro atoms. The van der Waals surface area contributed by atoms with Crippen LogP contribution in [-0.2, 0) is 16.1 Å². The third-order valence-electron chi connectivity index (χ3n) is 4.45. The smallest absolute Gasteiger partial charge is 0.349 e. The largest absolute Gasteiger partial charge is 0.496 e. The van der Waals surface area contributed by atoms with E-state index >= 15 is 0 Å². The molecule has 2 aromatic rings. The molecule has 2 aromatic carbocycles. The van der Waals surface area contributed by atoms with E-state index in [0.29, 0.717) is 22.1 Å². The van der Waals surface area contributed by atoms with Crippen molar-refractivity contribution < 1.29 is 19.0 Å². The maximum atomic E-state index is 12.2. The predicted molar refractivity (Wildman–Crippen MR) is 127 cm³/mol. The maximum absolute atomic E-state index is 12.2. The Bertz CT molecular complexity index is 1060. The van der Waals surface area contributed by atoms with E-state index in [0.717, 1.165) is 11.3 Å². The summed E-state index contributed by atoms with van der Waals surface area (Å²) in [6, 6.07) is 12.7. The number of benzene rings is 2. The standard InChI is InChI=1S/C25H25ClN2O4/c1-28(2)20-14-23(30-3)21(24(15-20)31-4)12-7-5-6-10-18(16-27)25(29)32-17-19-11-8-9-13-22(19)26/h5-15H,17H2,1-4H3/b6-5+,12-7+,18-10+. The number of hydrogen-bond donors (Lipinski definition) is 0. The van der Waals surface area contributed by atoms with E-state index in [4.69, 9.17) is 25.8 Å². The zero-order chi connectivity index (χ0) is 23.5. The molecule has 0 aromatic heterocycles. The van der Waals surface area contributed by atoms with E-state index in [1.165, 1.54) is 6.08 Å². The van der Waals surface area contributed by atoms with Crippen molar-refractivity contribution in [1.82, 2.24) is 0 Å². The fourth-order valence-electron chi connectivity index (χ4n) is 2.70. The minimum atomic E-state index is -0.719. The summed E-state index contributed by atoms with van der Waals surface area (Å²) in [7, 11) is 7.06. The highest BCUT2D eigenvalue weighted by molar-refractivity contribution is 6.31. The summed E-state index contributed by atoms with van der Waals surface area (Å²) in [5.74, 6) is 0.604. The molecule has 6 nitrogen and oxygen atoms in total. The van der Waals surface area contributed by atoms with Gasteiger partial charge in [0.25, 0.3) is 0 Å². The molecule has 0 fully saturated rings. The molecule has 7 heteroatoms. The van der Waals surface area contributed by atoms with Gasteiger partial charge in [0.05, 0.1) is 19.8 Å². The van der Waals surface area contributed by atoms with Crippen LogP contribution in [-0.4, -0.2) is 34.3 Å². The SMILES string of the molecule is COc1cc(N(C)C)cc(OC)c1/C=C/C=C/C=C(\C#N)C(=O)OCc1ccccc1Cl. The molecule has 0 unspecified atom stereocenters. The van der Waals surface area contributed by atoms with Gasteiger partial charge >= 0.3 is 5.97 Å². The molecule has 0 amide bonds. The number of methoxy groups -OCH3 is 2. The molecule has 0 saturated carbocycles. The second kappa shape index (κ2) is 12.2. The lowest BCUT2D eigenvalue weighted by atomic mass is 10.1. The van der Waals surface area contributed by atoms with Gasteiger partial charge < -0.3 is 19.1 Å². The third kappa shape index (κ3) is 6.66. The second-order valence-electron chi connectivity index (χ2n) is 6.76. The van der Waals surface area contributed by atoms with Gasteiger partial charge in [-0.2, -0.15) is 5.26 Å². The highest BCUT2D eigenvalue weighted by Crippen LogP contribution is 2.35. The number of nitriles is 1. The number of carbonyl (C=O) groups excluding carboxylic acids is 1. The Morgan fingerprint density at radius 3 is 2.31 bits per heavy atom. The Kier molecular flexibility index (Phi) is 9.40. The number of esters is 1. The van der Waals surface area contributed by atoms with Crippen LogP contribution in [0.3, 0.4) is 0 Å². The van der Waals surface area contributed by atoms with Crippen LogP contribution in [0.5, 0.6) is 11.5 Å². The van der Waals surface area contributed by atoms with Crippen LogP contribution in [0.4, 0.5) is 5.69 Å². The normalized spacial score (nSPS) is 11.4. The Hall–Kier alpha value is -3.69. The van der Waals surface area contributed by atoms with Gasteiger partial charge in [-0.25, -0.2) is 4.79 Å². The first-order valence-corrected chi connectivity index (χ1v) is 10.1. The number of rotatable bonds is 9. The molecule has 2 rings (SSSR count). The molecule has 0 N–H and O–H groups in total. The zero-order valence-corrected chi connectivity index (χ0v) is 19.2. The van der Waals surface area contributed by atoms with Crippen molar-refractivity contribution in [2.45, 2.75) is 6.61 Å². The Morgan fingerprint density at radius 1 is 1.09 bits per heavy atom. The van der Waals surface area contributed by atoms with Crippen molar-refractivity contribution in [1.29, 1.82) is 5.26 Å². The van der Waals surface area contributed by atoms with Crippen molar-refractivity contribution in [2.24, 2.45) is 0 Å². The van der Waals surface area contributed by atoms with E-state index in [2.05, 4.69) is 0 Å². The molecule has 166 valence electrons. The number of hydrogen-bond acceptors (Lipinski definition) is 6. The highest BCUT2D eigenvalue weighted by atomic mass is 35.5. The second-order valence-corrected chi connectivity index (χ2v) is 7.17. The van der Waals surface area contributed by atoms with E-state index < -0.39 is 5.97 Å². The van der Waals surface area contributed by atoms with Crippen LogP contribution in [0.2, 0.25) is 5.02 Å². The van der Waals surface area contributed by atoms with Gasteiger partial charge in [0, 0.05) is 42.5 Å². The van der Waals surface area contributed by atoms with Crippen molar-refractivity contribution in [3.05, 3.63) is 82.4 Å². The fraction of sp³-hybridized carbons (Fsp3) is 0.200. The predicted octanol–water partition coefficient (Wildman–Crippen LogP) is 5.19. The molecule has 0 aliphatic rings. The Morgan fingerprint density at radius 2 is 1.75 bits per heavy atom. The number of halogens is 1. The molecule has 0 atom stereocenters. The number of nitrogens with zero attached hydrogens (tertiary/aromatic N) is 2. The van der Waals surface area contributed by atoms with Crippen molar-refractivity contribution >= 4 is 29.3 Å². The van der Waals surface area contributed by atoms with Crippen LogP contribution < -0.4 is 14.4 Å². The van der Waals surface area contributed by atoms with Crippen LogP contribution in [0, 0.1) is 11.3 Å². The monoisotopic (exact) mass is 452 g/mol. The number of allylic oxidation sites excluding steroid dienone is 4. The average Bonchev–Trinajstić information content (AvgIpc) is 2.80. The lowest BCUT2D eigenvalue weighted by molar-refractivity contribution is -0.139. The third-order valence-corrected chi connectivity index (χ3v) is 4.82. The molecule has 0 aliphatic heterocycles. The van der Waals surface area contributed by atoms with Gasteiger partial charge in [-0.3, -0.25) is 0 Å². The Labute approximate surface area is 193 Å². The van der Waals surface area contributed by atoms with E-state index in [9.17, 15) is 10.1 Å². The van der Waals surface area contributed by atoms with E-state index in [1.54, 1.807) is 56.7 Å². The summed E-state index contributed by atoms with van der Waals surface area (Å²) in [5, 5.41) is 9.75. The number of ether oxygens (including phenoxy) is 3. The van der Waals surface area contributed by atoms with Crippen LogP contribution in [0.15, 0.2) is 66.3 Å². The maximum Gasteiger partial charge on any atom is 0.349 e. The summed E-state index contributed by atoms with van der Waals surface area (Å²) < 4.78 is 16.2. The Balaban J connectivity index is 2.10. The van der Waals surface area contributed by atoms with Gasteiger partial charge in [-0.05, 0) is 18.2 Å². The van der Waals surface area contributed by atoms with Crippen LogP contribution in [0.1, 0.15) is 11.1 Å². The molecule has 0 radical (unpaired) electrons. The molecule has 0 saturated heterocycles. The van der Waals surface area contributed by atoms with Gasteiger partial charge in [0.2, 0.25) is 0 Å². The minimum Gasteiger partial charge on any atom is -0.496 e. The van der Waals surface area contributed by atoms with Crippen molar-refractivity contribution in [3.63, 3.8) is 0 Å². The summed E-state index contributed by atoms with van der Waals surface area (Å²) in [5.41, 5.74) is 2.27. The lowest BCUT2D eigenvalue weighted by Gasteiger charge is -2.17. The summed E-state index contributed by atoms with van der Waals surface area (Å²) in [6.45, 7) is -0.0102. The summed E-state index contributed by atoms with van der Waals surface area (Å²) in [4.78, 5) is 14.1. The van der Waals surface area contributed by atoms with Crippen molar-refractivity contribution in [2.75, 3.05) is 33.2 Å². The first-order chi connectivity index (χ1) is 15.4. The first-order valence-electron chi connectivity index (χ1n) is 9.70. The molecule has 0 aliphatic carbocycles. The summed E-state index contributed by atoms with van der Waals surface area (Å²) >= 11 is 6.05. The van der Waals surface area contributed by atoms with Gasteiger partial charge in [0.15, 0.2) is 0 Å². The molecular formula is C25H25ClN2O4. The number of anilines is 1. The average molecular weight is 453 g/mol. The van der Waals surface area contributed by atoms with Crippen LogP contribution >= 0.6 is 11.6 Å². The topological polar surface area (TPSA) is 71.8 Å². The molecular weight excluding hydrogens is 428 g/mol. The van der Waals surface area contributed by atoms with Gasteiger partial charge in [-0.15, -0.1) is 0 Å². The minimum absolute atomic E-state index is 0.0102. The molecule has 32 heavy (non-hydrogen) atoms. The fourth-order valence-corrected chi connectivity index (χ4v) is 2.89. The van der Waals surface area contributed by atoms with Gasteiger partial charge in [0.1, 0.15) is 29.7 Å². The zero-order valence-electron chi connectivity index (χ0n) is 18.5. The summed E-state index contributed by atoms with van der Waals surface area (Å²) in [6.07, 6.45) is 8.25.